The number of benzene rings is 4. The van der Waals surface area contributed by atoms with Gasteiger partial charge in [0.2, 0.25) is 0 Å². The standard InChI is InChI=1S/C18H14OS.C14H10S.C4H6O2/c1-11-10-14-16-13(12-6-3-2-4-7-12)8-5-9-15(16)20-18(14)17(11)19;1-2-5-11(6-3-1)12-7-4-8-14-13(12)9-10-15-14;1-3(2)4(5)6/h2-9,11H,10H2,1H3;1-10H;1H2,2H3,(H,5,6). The van der Waals surface area contributed by atoms with Gasteiger partial charge in [0.15, 0.2) is 5.78 Å². The van der Waals surface area contributed by atoms with E-state index < -0.39 is 5.97 Å². The zero-order chi connectivity index (χ0) is 28.9. The second kappa shape index (κ2) is 12.5. The molecule has 6 aromatic rings. The second-order valence-corrected chi connectivity index (χ2v) is 12.0. The fourth-order valence-electron chi connectivity index (χ4n) is 4.95. The first-order valence-corrected chi connectivity index (χ1v) is 15.1. The molecule has 4 aromatic carbocycles. The predicted molar refractivity (Wildman–Crippen MR) is 174 cm³/mol. The van der Waals surface area contributed by atoms with E-state index in [1.54, 1.807) is 22.7 Å². The zero-order valence-electron chi connectivity index (χ0n) is 23.0. The van der Waals surface area contributed by atoms with Crippen LogP contribution >= 0.6 is 22.7 Å². The minimum Gasteiger partial charge on any atom is -0.478 e. The summed E-state index contributed by atoms with van der Waals surface area (Å²) in [6.07, 6.45) is 0.887. The average molecular weight is 575 g/mol. The fraction of sp³-hybridized carbons (Fsp3) is 0.111. The maximum atomic E-state index is 12.2. The van der Waals surface area contributed by atoms with E-state index in [2.05, 4.69) is 109 Å². The highest BCUT2D eigenvalue weighted by Crippen LogP contribution is 2.43. The Morgan fingerprint density at radius 1 is 0.805 bits per heavy atom. The number of thiophene rings is 2. The molecule has 1 unspecified atom stereocenters. The fourth-order valence-corrected chi connectivity index (χ4v) is 7.08. The van der Waals surface area contributed by atoms with E-state index in [1.807, 2.05) is 13.0 Å². The highest BCUT2D eigenvalue weighted by atomic mass is 32.1. The molecule has 0 fully saturated rings. The average Bonchev–Trinajstić information content (AvgIpc) is 3.70. The van der Waals surface area contributed by atoms with Gasteiger partial charge < -0.3 is 5.11 Å². The van der Waals surface area contributed by atoms with Gasteiger partial charge in [-0.3, -0.25) is 4.79 Å². The van der Waals surface area contributed by atoms with E-state index in [9.17, 15) is 9.59 Å². The van der Waals surface area contributed by atoms with Crippen molar-refractivity contribution >= 4 is 54.6 Å². The topological polar surface area (TPSA) is 54.4 Å². The highest BCUT2D eigenvalue weighted by molar-refractivity contribution is 7.21. The van der Waals surface area contributed by atoms with Crippen molar-refractivity contribution in [3.8, 4) is 22.3 Å². The number of ketones is 1. The van der Waals surface area contributed by atoms with Crippen LogP contribution in [-0.2, 0) is 11.2 Å². The lowest BCUT2D eigenvalue weighted by molar-refractivity contribution is -0.132. The van der Waals surface area contributed by atoms with Crippen LogP contribution in [0.15, 0.2) is 121 Å². The number of fused-ring (bicyclic) bond motifs is 4. The molecule has 7 rings (SSSR count). The summed E-state index contributed by atoms with van der Waals surface area (Å²) in [6, 6.07) is 36.0. The van der Waals surface area contributed by atoms with Crippen molar-refractivity contribution < 1.29 is 14.7 Å². The molecule has 2 aromatic heterocycles. The van der Waals surface area contributed by atoms with Crippen molar-refractivity contribution in [3.05, 3.63) is 131 Å². The summed E-state index contributed by atoms with van der Waals surface area (Å²) in [5.74, 6) is -0.473. The summed E-state index contributed by atoms with van der Waals surface area (Å²) in [6.45, 7) is 6.64. The summed E-state index contributed by atoms with van der Waals surface area (Å²) < 4.78 is 2.59. The van der Waals surface area contributed by atoms with Gasteiger partial charge in [-0.05, 0) is 64.7 Å². The van der Waals surface area contributed by atoms with Crippen molar-refractivity contribution in [2.24, 2.45) is 5.92 Å². The van der Waals surface area contributed by atoms with Crippen molar-refractivity contribution in [1.29, 1.82) is 0 Å². The van der Waals surface area contributed by atoms with E-state index in [-0.39, 0.29) is 11.5 Å². The lowest BCUT2D eigenvalue weighted by Crippen LogP contribution is -2.02. The normalized spacial score (nSPS) is 13.6. The minimum atomic E-state index is -0.935. The summed E-state index contributed by atoms with van der Waals surface area (Å²) in [5.41, 5.74) is 6.54. The van der Waals surface area contributed by atoms with Crippen LogP contribution in [-0.4, -0.2) is 16.9 Å². The first kappa shape index (κ1) is 28.2. The first-order valence-electron chi connectivity index (χ1n) is 13.4. The lowest BCUT2D eigenvalue weighted by atomic mass is 9.98. The number of rotatable bonds is 3. The van der Waals surface area contributed by atoms with Crippen LogP contribution in [0.1, 0.15) is 29.1 Å². The third-order valence-electron chi connectivity index (χ3n) is 7.03. The molecule has 0 spiro atoms. The van der Waals surface area contributed by atoms with E-state index in [4.69, 9.17) is 5.11 Å². The molecule has 1 aliphatic carbocycles. The van der Waals surface area contributed by atoms with Gasteiger partial charge in [-0.25, -0.2) is 4.79 Å². The Bertz CT molecular complexity index is 1830. The van der Waals surface area contributed by atoms with Gasteiger partial charge in [-0.15, -0.1) is 22.7 Å². The summed E-state index contributed by atoms with van der Waals surface area (Å²) >= 11 is 3.45. The molecule has 1 N–H and O–H groups in total. The Morgan fingerprint density at radius 3 is 1.98 bits per heavy atom. The Kier molecular flexibility index (Phi) is 8.58. The smallest absolute Gasteiger partial charge is 0.330 e. The van der Waals surface area contributed by atoms with E-state index in [0.29, 0.717) is 5.78 Å². The van der Waals surface area contributed by atoms with Gasteiger partial charge in [-0.1, -0.05) is 98.4 Å². The van der Waals surface area contributed by atoms with Crippen LogP contribution in [0, 0.1) is 5.92 Å². The summed E-state index contributed by atoms with van der Waals surface area (Å²) in [4.78, 5) is 22.8. The minimum absolute atomic E-state index is 0.143. The largest absolute Gasteiger partial charge is 0.478 e. The number of Topliss-reactive ketones (excluding diaryl/α,β-unsaturated/α-hetero) is 1. The molecular formula is C36H30O3S2. The van der Waals surface area contributed by atoms with Gasteiger partial charge in [0.1, 0.15) is 0 Å². The van der Waals surface area contributed by atoms with E-state index in [0.717, 1.165) is 11.3 Å². The van der Waals surface area contributed by atoms with E-state index in [1.165, 1.54) is 54.9 Å². The molecule has 0 saturated carbocycles. The lowest BCUT2D eigenvalue weighted by Gasteiger charge is -2.06. The number of carbonyl (C=O) groups is 2. The summed E-state index contributed by atoms with van der Waals surface area (Å²) in [5, 5.41) is 12.7. The first-order chi connectivity index (χ1) is 19.8. The van der Waals surface area contributed by atoms with Crippen LogP contribution in [0.3, 0.4) is 0 Å². The van der Waals surface area contributed by atoms with Gasteiger partial charge in [0.25, 0.3) is 0 Å². The molecule has 5 heteroatoms. The van der Waals surface area contributed by atoms with Crippen LogP contribution in [0.4, 0.5) is 0 Å². The Morgan fingerprint density at radius 2 is 1.37 bits per heavy atom. The van der Waals surface area contributed by atoms with Gasteiger partial charge in [0, 0.05) is 31.7 Å². The molecule has 0 bridgehead atoms. The van der Waals surface area contributed by atoms with Crippen molar-refractivity contribution in [1.82, 2.24) is 0 Å². The number of hydrogen-bond donors (Lipinski definition) is 1. The molecule has 204 valence electrons. The molecule has 0 radical (unpaired) electrons. The maximum absolute atomic E-state index is 12.2. The monoisotopic (exact) mass is 574 g/mol. The number of carboxylic acid groups (broad SMARTS) is 1. The molecule has 0 saturated heterocycles. The van der Waals surface area contributed by atoms with Crippen LogP contribution < -0.4 is 0 Å². The molecule has 0 aliphatic heterocycles. The second-order valence-electron chi connectivity index (χ2n) is 10.0. The third-order valence-corrected chi connectivity index (χ3v) is 9.12. The summed E-state index contributed by atoms with van der Waals surface area (Å²) in [7, 11) is 0. The SMILES string of the molecule is C=C(C)C(=O)O.CC1Cc2c(sc3cccc(-c4ccccc4)c23)C1=O.c1ccc(-c2cccc3sccc23)cc1. The number of aliphatic carboxylic acids is 1. The van der Waals surface area contributed by atoms with Crippen molar-refractivity contribution in [2.45, 2.75) is 20.3 Å². The van der Waals surface area contributed by atoms with Crippen LogP contribution in [0.25, 0.3) is 42.4 Å². The Hall–Kier alpha value is -4.32. The van der Waals surface area contributed by atoms with Crippen molar-refractivity contribution in [3.63, 3.8) is 0 Å². The Labute approximate surface area is 248 Å². The molecule has 3 nitrogen and oxygen atoms in total. The van der Waals surface area contributed by atoms with Crippen molar-refractivity contribution in [2.75, 3.05) is 0 Å². The number of carboxylic acids is 1. The maximum Gasteiger partial charge on any atom is 0.330 e. The van der Waals surface area contributed by atoms with Crippen LogP contribution in [0.2, 0.25) is 0 Å². The van der Waals surface area contributed by atoms with Gasteiger partial charge in [0.05, 0.1) is 4.88 Å². The van der Waals surface area contributed by atoms with Gasteiger partial charge in [-0.2, -0.15) is 0 Å². The molecule has 1 atom stereocenters. The number of hydrogen-bond acceptors (Lipinski definition) is 4. The highest BCUT2D eigenvalue weighted by Gasteiger charge is 2.31. The molecule has 0 amide bonds. The zero-order valence-corrected chi connectivity index (χ0v) is 24.6. The molecule has 2 heterocycles. The quantitative estimate of drug-likeness (QED) is 0.214. The molecule has 41 heavy (non-hydrogen) atoms. The van der Waals surface area contributed by atoms with Crippen LogP contribution in [0.5, 0.6) is 0 Å². The molecular weight excluding hydrogens is 545 g/mol. The number of carbonyl (C=O) groups excluding carboxylic acids is 1. The molecule has 1 aliphatic rings. The Balaban J connectivity index is 0.000000142. The third kappa shape index (κ3) is 6.07. The van der Waals surface area contributed by atoms with E-state index >= 15 is 0 Å². The van der Waals surface area contributed by atoms with Gasteiger partial charge >= 0.3 is 5.97 Å². The predicted octanol–water partition coefficient (Wildman–Crippen LogP) is 10.2.